The quantitative estimate of drug-likeness (QED) is 0.765. The molecule has 1 saturated carbocycles. The number of amides is 1. The summed E-state index contributed by atoms with van der Waals surface area (Å²) in [5.41, 5.74) is 5.23. The first-order chi connectivity index (χ1) is 8.03. The summed E-state index contributed by atoms with van der Waals surface area (Å²) in [7, 11) is 0. The maximum atomic E-state index is 11.9. The van der Waals surface area contributed by atoms with Crippen molar-refractivity contribution >= 4 is 5.91 Å². The fraction of sp³-hybridized carbons (Fsp3) is 0.923. The molecule has 0 aromatic heterocycles. The lowest BCUT2D eigenvalue weighted by molar-refractivity contribution is -0.126. The number of carbonyl (C=O) groups is 1. The van der Waals surface area contributed by atoms with Gasteiger partial charge in [0, 0.05) is 25.2 Å². The van der Waals surface area contributed by atoms with Gasteiger partial charge in [0.25, 0.3) is 0 Å². The van der Waals surface area contributed by atoms with Gasteiger partial charge in [0.15, 0.2) is 0 Å². The Morgan fingerprint density at radius 1 is 1.35 bits per heavy atom. The number of hydrogen-bond donors (Lipinski definition) is 2. The maximum Gasteiger partial charge on any atom is 0.240 e. The van der Waals surface area contributed by atoms with Crippen molar-refractivity contribution in [2.75, 3.05) is 13.1 Å². The van der Waals surface area contributed by atoms with E-state index in [0.29, 0.717) is 12.5 Å². The lowest BCUT2D eigenvalue weighted by Gasteiger charge is -2.34. The van der Waals surface area contributed by atoms with Crippen LogP contribution < -0.4 is 11.1 Å². The Kier molecular flexibility index (Phi) is 3.73. The molecule has 1 aliphatic carbocycles. The predicted molar refractivity (Wildman–Crippen MR) is 68.6 cm³/mol. The molecule has 17 heavy (non-hydrogen) atoms. The molecule has 1 saturated heterocycles. The van der Waals surface area contributed by atoms with Crippen LogP contribution in [0.2, 0.25) is 0 Å². The Morgan fingerprint density at radius 2 is 1.94 bits per heavy atom. The fourth-order valence-electron chi connectivity index (χ4n) is 2.36. The molecule has 1 unspecified atom stereocenters. The third-order valence-electron chi connectivity index (χ3n) is 4.18. The minimum atomic E-state index is -0.715. The number of nitrogens with one attached hydrogen (secondary N) is 1. The molecule has 0 aromatic rings. The van der Waals surface area contributed by atoms with Crippen LogP contribution in [0.15, 0.2) is 0 Å². The lowest BCUT2D eigenvalue weighted by Crippen LogP contribution is -2.55. The summed E-state index contributed by atoms with van der Waals surface area (Å²) >= 11 is 0. The molecular formula is C13H25N3O. The van der Waals surface area contributed by atoms with Crippen LogP contribution in [0.25, 0.3) is 0 Å². The Morgan fingerprint density at radius 3 is 2.41 bits per heavy atom. The van der Waals surface area contributed by atoms with E-state index in [1.54, 1.807) is 0 Å². The standard InChI is InChI=1S/C13H25N3O/c1-3-13(2,14)12(17)15-10-6-8-16(9-7-10)11-4-5-11/h10-11H,3-9,14H2,1-2H3,(H,15,17). The number of likely N-dealkylation sites (tertiary alicyclic amines) is 1. The zero-order chi connectivity index (χ0) is 12.5. The SMILES string of the molecule is CCC(C)(N)C(=O)NC1CCN(C2CC2)CC1. The highest BCUT2D eigenvalue weighted by Crippen LogP contribution is 2.29. The van der Waals surface area contributed by atoms with Crippen LogP contribution in [-0.2, 0) is 4.79 Å². The predicted octanol–water partition coefficient (Wildman–Crippen LogP) is 0.857. The van der Waals surface area contributed by atoms with Crippen molar-refractivity contribution in [2.45, 2.75) is 63.6 Å². The zero-order valence-corrected chi connectivity index (χ0v) is 11.0. The van der Waals surface area contributed by atoms with E-state index >= 15 is 0 Å². The Labute approximate surface area is 104 Å². The van der Waals surface area contributed by atoms with Gasteiger partial charge in [-0.1, -0.05) is 6.92 Å². The van der Waals surface area contributed by atoms with Gasteiger partial charge in [-0.2, -0.15) is 0 Å². The van der Waals surface area contributed by atoms with Crippen LogP contribution in [0.1, 0.15) is 46.0 Å². The minimum Gasteiger partial charge on any atom is -0.352 e. The van der Waals surface area contributed by atoms with Gasteiger partial charge < -0.3 is 16.0 Å². The summed E-state index contributed by atoms with van der Waals surface area (Å²) in [5, 5.41) is 3.10. The van der Waals surface area contributed by atoms with Crippen LogP contribution in [0.4, 0.5) is 0 Å². The third kappa shape index (κ3) is 3.19. The minimum absolute atomic E-state index is 0.00451. The van der Waals surface area contributed by atoms with Crippen molar-refractivity contribution < 1.29 is 4.79 Å². The first-order valence-corrected chi connectivity index (χ1v) is 6.87. The highest BCUT2D eigenvalue weighted by molar-refractivity contribution is 5.85. The van der Waals surface area contributed by atoms with E-state index in [2.05, 4.69) is 10.2 Å². The monoisotopic (exact) mass is 239 g/mol. The lowest BCUT2D eigenvalue weighted by atomic mass is 9.97. The van der Waals surface area contributed by atoms with Crippen molar-refractivity contribution in [1.82, 2.24) is 10.2 Å². The normalized spacial score (nSPS) is 26.5. The molecule has 98 valence electrons. The number of carbonyl (C=O) groups excluding carboxylic acids is 1. The fourth-order valence-corrected chi connectivity index (χ4v) is 2.36. The topological polar surface area (TPSA) is 58.4 Å². The van der Waals surface area contributed by atoms with Crippen LogP contribution in [0.5, 0.6) is 0 Å². The Hall–Kier alpha value is -0.610. The summed E-state index contributed by atoms with van der Waals surface area (Å²) in [4.78, 5) is 14.5. The van der Waals surface area contributed by atoms with Crippen LogP contribution in [0.3, 0.4) is 0 Å². The van der Waals surface area contributed by atoms with E-state index in [1.165, 1.54) is 12.8 Å². The molecular weight excluding hydrogens is 214 g/mol. The van der Waals surface area contributed by atoms with Gasteiger partial charge in [0.05, 0.1) is 5.54 Å². The average Bonchev–Trinajstić information content (AvgIpc) is 3.14. The molecule has 4 heteroatoms. The number of rotatable bonds is 4. The maximum absolute atomic E-state index is 11.9. The smallest absolute Gasteiger partial charge is 0.240 e. The number of nitrogens with zero attached hydrogens (tertiary/aromatic N) is 1. The first-order valence-electron chi connectivity index (χ1n) is 6.87. The Bertz CT molecular complexity index is 278. The van der Waals surface area contributed by atoms with Crippen molar-refractivity contribution in [2.24, 2.45) is 5.73 Å². The molecule has 2 aliphatic rings. The van der Waals surface area contributed by atoms with Crippen molar-refractivity contribution in [1.29, 1.82) is 0 Å². The highest BCUT2D eigenvalue weighted by Gasteiger charge is 2.33. The van der Waals surface area contributed by atoms with Gasteiger partial charge in [-0.25, -0.2) is 0 Å². The van der Waals surface area contributed by atoms with Crippen molar-refractivity contribution in [3.63, 3.8) is 0 Å². The molecule has 1 aliphatic heterocycles. The van der Waals surface area contributed by atoms with Gasteiger partial charge in [0.1, 0.15) is 0 Å². The molecule has 0 spiro atoms. The van der Waals surface area contributed by atoms with Crippen molar-refractivity contribution in [3.05, 3.63) is 0 Å². The second-order valence-electron chi connectivity index (χ2n) is 5.79. The van der Waals surface area contributed by atoms with Gasteiger partial charge in [0.2, 0.25) is 5.91 Å². The summed E-state index contributed by atoms with van der Waals surface area (Å²) in [6.07, 6.45) is 5.56. The molecule has 3 N–H and O–H groups in total. The molecule has 2 fully saturated rings. The van der Waals surface area contributed by atoms with E-state index in [9.17, 15) is 4.79 Å². The van der Waals surface area contributed by atoms with Crippen molar-refractivity contribution in [3.8, 4) is 0 Å². The zero-order valence-electron chi connectivity index (χ0n) is 11.0. The van der Waals surface area contributed by atoms with Crippen LogP contribution in [-0.4, -0.2) is 41.5 Å². The average molecular weight is 239 g/mol. The van der Waals surface area contributed by atoms with Gasteiger partial charge in [-0.3, -0.25) is 4.79 Å². The third-order valence-corrected chi connectivity index (χ3v) is 4.18. The first kappa shape index (κ1) is 12.8. The molecule has 1 atom stereocenters. The molecule has 0 aromatic carbocycles. The second kappa shape index (κ2) is 4.94. The summed E-state index contributed by atoms with van der Waals surface area (Å²) < 4.78 is 0. The Balaban J connectivity index is 1.75. The molecule has 0 bridgehead atoms. The summed E-state index contributed by atoms with van der Waals surface area (Å²) in [5.74, 6) is 0.00451. The number of piperidine rings is 1. The largest absolute Gasteiger partial charge is 0.352 e. The molecule has 0 radical (unpaired) electrons. The van der Waals surface area contributed by atoms with E-state index < -0.39 is 5.54 Å². The molecule has 1 heterocycles. The molecule has 1 amide bonds. The van der Waals surface area contributed by atoms with E-state index in [1.807, 2.05) is 13.8 Å². The number of hydrogen-bond acceptors (Lipinski definition) is 3. The van der Waals surface area contributed by atoms with E-state index in [-0.39, 0.29) is 5.91 Å². The summed E-state index contributed by atoms with van der Waals surface area (Å²) in [6, 6.07) is 1.17. The van der Waals surface area contributed by atoms with E-state index in [4.69, 9.17) is 5.73 Å². The second-order valence-corrected chi connectivity index (χ2v) is 5.79. The molecule has 2 rings (SSSR count). The van der Waals surface area contributed by atoms with Gasteiger partial charge in [-0.05, 0) is 39.0 Å². The molecule has 4 nitrogen and oxygen atoms in total. The van der Waals surface area contributed by atoms with Crippen LogP contribution in [0, 0.1) is 0 Å². The van der Waals surface area contributed by atoms with Crippen LogP contribution >= 0.6 is 0 Å². The number of nitrogens with two attached hydrogens (primary N) is 1. The van der Waals surface area contributed by atoms with E-state index in [0.717, 1.165) is 32.0 Å². The van der Waals surface area contributed by atoms with Gasteiger partial charge in [-0.15, -0.1) is 0 Å². The van der Waals surface area contributed by atoms with Gasteiger partial charge >= 0.3 is 0 Å². The summed E-state index contributed by atoms with van der Waals surface area (Å²) in [6.45, 7) is 6.02. The highest BCUT2D eigenvalue weighted by atomic mass is 16.2.